The van der Waals surface area contributed by atoms with Gasteiger partial charge in [-0.05, 0) is 13.3 Å². The number of carbonyl (C=O) groups is 2. The molecule has 1 unspecified atom stereocenters. The Labute approximate surface area is 196 Å². The molecule has 2 aliphatic heterocycles. The monoisotopic (exact) mass is 466 g/mol. The van der Waals surface area contributed by atoms with Crippen molar-refractivity contribution in [2.75, 3.05) is 37.6 Å². The van der Waals surface area contributed by atoms with Gasteiger partial charge in [0.05, 0.1) is 18.2 Å². The maximum atomic E-state index is 12.8. The zero-order chi connectivity index (χ0) is 22.8. The first kappa shape index (κ1) is 21.7. The number of piperazine rings is 1. The van der Waals surface area contributed by atoms with Crippen LogP contribution in [0, 0.1) is 0 Å². The van der Waals surface area contributed by atoms with Crippen molar-refractivity contribution in [1.82, 2.24) is 24.9 Å². The van der Waals surface area contributed by atoms with Gasteiger partial charge in [-0.15, -0.1) is 11.3 Å². The van der Waals surface area contributed by atoms with E-state index < -0.39 is 0 Å². The number of carbonyl (C=O) groups excluding carboxylic acids is 2. The quantitative estimate of drug-likeness (QED) is 0.551. The van der Waals surface area contributed by atoms with Gasteiger partial charge < -0.3 is 9.42 Å². The van der Waals surface area contributed by atoms with Crippen LogP contribution in [-0.4, -0.2) is 69.5 Å². The third kappa shape index (κ3) is 4.67. The molecule has 172 valence electrons. The fraction of sp³-hybridized carbons (Fsp3) is 0.435. The van der Waals surface area contributed by atoms with Crippen molar-refractivity contribution in [1.29, 1.82) is 0 Å². The summed E-state index contributed by atoms with van der Waals surface area (Å²) in [5, 5.41) is 6.71. The molecule has 0 radical (unpaired) electrons. The highest BCUT2D eigenvalue weighted by Gasteiger charge is 2.29. The van der Waals surface area contributed by atoms with Crippen LogP contribution >= 0.6 is 11.3 Å². The average Bonchev–Trinajstić information content (AvgIpc) is 3.60. The van der Waals surface area contributed by atoms with E-state index >= 15 is 0 Å². The summed E-state index contributed by atoms with van der Waals surface area (Å²) in [7, 11) is 0. The molecular weight excluding hydrogens is 440 g/mol. The van der Waals surface area contributed by atoms with Crippen LogP contribution in [0.4, 0.5) is 5.13 Å². The minimum absolute atomic E-state index is 0.0219. The summed E-state index contributed by atoms with van der Waals surface area (Å²) in [5.74, 6) is 1.35. The molecule has 2 amide bonds. The van der Waals surface area contributed by atoms with Crippen LogP contribution in [-0.2, 0) is 16.0 Å². The molecule has 9 nitrogen and oxygen atoms in total. The summed E-state index contributed by atoms with van der Waals surface area (Å²) in [6.45, 7) is 5.53. The predicted octanol–water partition coefficient (Wildman–Crippen LogP) is 2.77. The third-order valence-electron chi connectivity index (χ3n) is 6.22. The number of thiazole rings is 1. The molecule has 0 saturated carbocycles. The number of anilines is 1. The molecule has 3 aromatic rings. The molecule has 1 aromatic carbocycles. The maximum absolute atomic E-state index is 12.8. The summed E-state index contributed by atoms with van der Waals surface area (Å²) in [6.07, 6.45) is 1.71. The molecule has 10 heteroatoms. The summed E-state index contributed by atoms with van der Waals surface area (Å²) in [6, 6.07) is 9.74. The topological polar surface area (TPSA) is 95.7 Å². The molecule has 4 heterocycles. The zero-order valence-corrected chi connectivity index (χ0v) is 19.3. The van der Waals surface area contributed by atoms with E-state index in [4.69, 9.17) is 4.52 Å². The molecule has 2 saturated heterocycles. The van der Waals surface area contributed by atoms with Gasteiger partial charge in [0.25, 0.3) is 0 Å². The Balaban J connectivity index is 1.14. The Bertz CT molecular complexity index is 1120. The standard InChI is InChI=1S/C23H26N6O3S/c1-16(22-25-21(26-32-22)17-6-3-2-4-7-17)27-10-12-28(13-11-27)20(31)14-18-15-33-23(24-18)29-9-5-8-19(29)30/h2-4,6-7,15-16H,5,8-14H2,1H3. The van der Waals surface area contributed by atoms with Crippen molar-refractivity contribution in [3.63, 3.8) is 0 Å². The summed E-state index contributed by atoms with van der Waals surface area (Å²) in [4.78, 5) is 39.7. The van der Waals surface area contributed by atoms with Crippen molar-refractivity contribution in [3.8, 4) is 11.4 Å². The molecule has 2 fully saturated rings. The van der Waals surface area contributed by atoms with Crippen LogP contribution in [0.5, 0.6) is 0 Å². The van der Waals surface area contributed by atoms with Crippen LogP contribution in [0.2, 0.25) is 0 Å². The number of amides is 2. The molecule has 33 heavy (non-hydrogen) atoms. The molecule has 0 spiro atoms. The van der Waals surface area contributed by atoms with Gasteiger partial charge in [-0.1, -0.05) is 35.5 Å². The van der Waals surface area contributed by atoms with Gasteiger partial charge in [-0.2, -0.15) is 4.98 Å². The van der Waals surface area contributed by atoms with Gasteiger partial charge in [0, 0.05) is 50.1 Å². The van der Waals surface area contributed by atoms with E-state index in [1.54, 1.807) is 4.90 Å². The Hall–Kier alpha value is -3.11. The van der Waals surface area contributed by atoms with Gasteiger partial charge in [0.1, 0.15) is 0 Å². The molecule has 0 bridgehead atoms. The van der Waals surface area contributed by atoms with Crippen molar-refractivity contribution in [2.24, 2.45) is 0 Å². The van der Waals surface area contributed by atoms with E-state index in [2.05, 4.69) is 26.9 Å². The Morgan fingerprint density at radius 2 is 1.91 bits per heavy atom. The van der Waals surface area contributed by atoms with E-state index in [1.165, 1.54) is 11.3 Å². The summed E-state index contributed by atoms with van der Waals surface area (Å²) >= 11 is 1.43. The first-order valence-corrected chi connectivity index (χ1v) is 12.1. The molecule has 5 rings (SSSR count). The molecule has 0 N–H and O–H groups in total. The summed E-state index contributed by atoms with van der Waals surface area (Å²) < 4.78 is 5.52. The third-order valence-corrected chi connectivity index (χ3v) is 7.13. The number of rotatable bonds is 6. The molecular formula is C23H26N6O3S. The van der Waals surface area contributed by atoms with Gasteiger partial charge >= 0.3 is 0 Å². The predicted molar refractivity (Wildman–Crippen MR) is 124 cm³/mol. The summed E-state index contributed by atoms with van der Waals surface area (Å²) in [5.41, 5.74) is 1.66. The second kappa shape index (κ2) is 9.40. The van der Waals surface area contributed by atoms with Crippen molar-refractivity contribution in [2.45, 2.75) is 32.2 Å². The minimum Gasteiger partial charge on any atom is -0.340 e. The lowest BCUT2D eigenvalue weighted by Gasteiger charge is -2.36. The fourth-order valence-corrected chi connectivity index (χ4v) is 5.11. The van der Waals surface area contributed by atoms with E-state index in [0.29, 0.717) is 42.9 Å². The number of aromatic nitrogens is 3. The first-order valence-electron chi connectivity index (χ1n) is 11.2. The van der Waals surface area contributed by atoms with Crippen molar-refractivity contribution < 1.29 is 14.1 Å². The SMILES string of the molecule is CC(c1nc(-c2ccccc2)no1)N1CCN(C(=O)Cc2csc(N3CCCC3=O)n2)CC1. The largest absolute Gasteiger partial charge is 0.340 e. The zero-order valence-electron chi connectivity index (χ0n) is 18.5. The van der Waals surface area contributed by atoms with Gasteiger partial charge in [0.2, 0.25) is 23.5 Å². The Kier molecular flexibility index (Phi) is 6.19. The van der Waals surface area contributed by atoms with E-state index in [-0.39, 0.29) is 24.3 Å². The average molecular weight is 467 g/mol. The highest BCUT2D eigenvalue weighted by Crippen LogP contribution is 2.26. The number of hydrogen-bond donors (Lipinski definition) is 0. The first-order chi connectivity index (χ1) is 16.1. The lowest BCUT2D eigenvalue weighted by Crippen LogP contribution is -2.49. The lowest BCUT2D eigenvalue weighted by molar-refractivity contribution is -0.132. The Morgan fingerprint density at radius 1 is 1.12 bits per heavy atom. The molecule has 2 aliphatic rings. The van der Waals surface area contributed by atoms with Crippen LogP contribution in [0.1, 0.15) is 37.4 Å². The van der Waals surface area contributed by atoms with E-state index in [9.17, 15) is 9.59 Å². The number of nitrogens with zero attached hydrogens (tertiary/aromatic N) is 6. The van der Waals surface area contributed by atoms with Crippen LogP contribution in [0.25, 0.3) is 11.4 Å². The van der Waals surface area contributed by atoms with Crippen molar-refractivity contribution in [3.05, 3.63) is 47.3 Å². The van der Waals surface area contributed by atoms with Gasteiger partial charge in [-0.25, -0.2) is 4.98 Å². The normalized spacial score (nSPS) is 18.2. The minimum atomic E-state index is -0.0219. The van der Waals surface area contributed by atoms with Crippen LogP contribution in [0.3, 0.4) is 0 Å². The molecule has 0 aliphatic carbocycles. The number of benzene rings is 1. The van der Waals surface area contributed by atoms with E-state index in [1.807, 2.05) is 40.6 Å². The highest BCUT2D eigenvalue weighted by atomic mass is 32.1. The van der Waals surface area contributed by atoms with E-state index in [0.717, 1.165) is 30.8 Å². The van der Waals surface area contributed by atoms with Crippen LogP contribution in [0.15, 0.2) is 40.2 Å². The second-order valence-electron chi connectivity index (χ2n) is 8.36. The maximum Gasteiger partial charge on any atom is 0.244 e. The van der Waals surface area contributed by atoms with Gasteiger partial charge in [0.15, 0.2) is 5.13 Å². The van der Waals surface area contributed by atoms with Crippen LogP contribution < -0.4 is 4.90 Å². The molecule has 1 atom stereocenters. The highest BCUT2D eigenvalue weighted by molar-refractivity contribution is 7.14. The van der Waals surface area contributed by atoms with Crippen molar-refractivity contribution >= 4 is 28.3 Å². The second-order valence-corrected chi connectivity index (χ2v) is 9.20. The fourth-order valence-electron chi connectivity index (χ4n) is 4.24. The smallest absolute Gasteiger partial charge is 0.244 e. The molecule has 2 aromatic heterocycles. The van der Waals surface area contributed by atoms with Gasteiger partial charge in [-0.3, -0.25) is 19.4 Å². The number of hydrogen-bond acceptors (Lipinski definition) is 8. The Morgan fingerprint density at radius 3 is 2.64 bits per heavy atom. The lowest BCUT2D eigenvalue weighted by atomic mass is 10.2.